The van der Waals surface area contributed by atoms with Gasteiger partial charge in [-0.15, -0.1) is 24.0 Å². The molecule has 0 amide bonds. The summed E-state index contributed by atoms with van der Waals surface area (Å²) in [6.07, 6.45) is 6.16. The smallest absolute Gasteiger partial charge is 0.191 e. The van der Waals surface area contributed by atoms with E-state index in [1.807, 2.05) is 18.2 Å². The van der Waals surface area contributed by atoms with Crippen LogP contribution in [0, 0.1) is 0 Å². The third kappa shape index (κ3) is 7.09. The van der Waals surface area contributed by atoms with Crippen LogP contribution in [0.5, 0.6) is 5.75 Å². The Morgan fingerprint density at radius 1 is 1.13 bits per heavy atom. The van der Waals surface area contributed by atoms with Crippen LogP contribution in [0.15, 0.2) is 78.3 Å². The van der Waals surface area contributed by atoms with E-state index in [4.69, 9.17) is 9.73 Å². The predicted molar refractivity (Wildman–Crippen MR) is 137 cm³/mol. The van der Waals surface area contributed by atoms with Gasteiger partial charge in [-0.3, -0.25) is 0 Å². The van der Waals surface area contributed by atoms with Gasteiger partial charge in [0.2, 0.25) is 0 Å². The average molecular weight is 518 g/mol. The maximum atomic E-state index is 5.74. The molecule has 0 bridgehead atoms. The van der Waals surface area contributed by atoms with Crippen molar-refractivity contribution < 1.29 is 4.74 Å². The quantitative estimate of drug-likeness (QED) is 0.222. The van der Waals surface area contributed by atoms with Gasteiger partial charge in [0.1, 0.15) is 12.4 Å². The Bertz CT molecular complexity index is 858. The molecule has 2 N–H and O–H groups in total. The number of nitrogens with zero attached hydrogens (tertiary/aromatic N) is 2. The lowest BCUT2D eigenvalue weighted by Gasteiger charge is -2.18. The SMILES string of the molecule is C=CCOc1ccccc1CNC(=NCc1cccc(N2CC=CC2)c1)NCC.I. The number of benzene rings is 2. The van der Waals surface area contributed by atoms with Crippen LogP contribution in [-0.2, 0) is 13.1 Å². The molecule has 1 heterocycles. The first kappa shape index (κ1) is 23.8. The van der Waals surface area contributed by atoms with E-state index < -0.39 is 0 Å². The van der Waals surface area contributed by atoms with Crippen LogP contribution in [0.25, 0.3) is 0 Å². The van der Waals surface area contributed by atoms with E-state index in [0.29, 0.717) is 19.7 Å². The summed E-state index contributed by atoms with van der Waals surface area (Å²) in [5, 5.41) is 6.72. The van der Waals surface area contributed by atoms with Gasteiger partial charge < -0.3 is 20.3 Å². The van der Waals surface area contributed by atoms with Crippen LogP contribution in [-0.4, -0.2) is 32.2 Å². The van der Waals surface area contributed by atoms with E-state index in [-0.39, 0.29) is 24.0 Å². The van der Waals surface area contributed by atoms with Crippen molar-refractivity contribution in [2.45, 2.75) is 20.0 Å². The lowest BCUT2D eigenvalue weighted by molar-refractivity contribution is 0.358. The fourth-order valence-corrected chi connectivity index (χ4v) is 3.17. The van der Waals surface area contributed by atoms with Crippen molar-refractivity contribution in [1.82, 2.24) is 10.6 Å². The Balaban J connectivity index is 0.00000320. The Morgan fingerprint density at radius 2 is 1.93 bits per heavy atom. The normalized spacial score (nSPS) is 13.0. The van der Waals surface area contributed by atoms with Crippen LogP contribution in [0.2, 0.25) is 0 Å². The molecule has 0 radical (unpaired) electrons. The third-order valence-corrected chi connectivity index (χ3v) is 4.63. The van der Waals surface area contributed by atoms with Crippen molar-refractivity contribution in [2.75, 3.05) is 31.1 Å². The average Bonchev–Trinajstić information content (AvgIpc) is 3.30. The largest absolute Gasteiger partial charge is 0.489 e. The van der Waals surface area contributed by atoms with Gasteiger partial charge >= 0.3 is 0 Å². The minimum atomic E-state index is 0. The lowest BCUT2D eigenvalue weighted by atomic mass is 10.2. The lowest BCUT2D eigenvalue weighted by Crippen LogP contribution is -2.36. The summed E-state index contributed by atoms with van der Waals surface area (Å²) in [5.41, 5.74) is 3.53. The molecule has 0 atom stereocenters. The molecule has 160 valence electrons. The van der Waals surface area contributed by atoms with Gasteiger partial charge in [0.05, 0.1) is 6.54 Å². The molecule has 0 unspecified atom stereocenters. The van der Waals surface area contributed by atoms with Gasteiger partial charge in [-0.25, -0.2) is 4.99 Å². The topological polar surface area (TPSA) is 48.9 Å². The Kier molecular flexibility index (Phi) is 10.3. The first-order chi connectivity index (χ1) is 14.3. The van der Waals surface area contributed by atoms with E-state index in [1.165, 1.54) is 11.3 Å². The van der Waals surface area contributed by atoms with E-state index in [0.717, 1.165) is 36.9 Å². The van der Waals surface area contributed by atoms with Crippen LogP contribution in [0.4, 0.5) is 5.69 Å². The molecule has 30 heavy (non-hydrogen) atoms. The van der Waals surface area contributed by atoms with Gasteiger partial charge in [-0.1, -0.05) is 55.1 Å². The van der Waals surface area contributed by atoms with E-state index in [9.17, 15) is 0 Å². The summed E-state index contributed by atoms with van der Waals surface area (Å²) in [6, 6.07) is 16.6. The van der Waals surface area contributed by atoms with Crippen molar-refractivity contribution >= 4 is 35.6 Å². The van der Waals surface area contributed by atoms with Crippen molar-refractivity contribution in [2.24, 2.45) is 4.99 Å². The number of anilines is 1. The van der Waals surface area contributed by atoms with Gasteiger partial charge in [-0.05, 0) is 30.7 Å². The zero-order valence-electron chi connectivity index (χ0n) is 17.5. The molecule has 0 saturated carbocycles. The summed E-state index contributed by atoms with van der Waals surface area (Å²) < 4.78 is 5.74. The molecule has 0 saturated heterocycles. The molecule has 1 aliphatic heterocycles. The molecule has 2 aromatic carbocycles. The zero-order valence-corrected chi connectivity index (χ0v) is 19.8. The summed E-state index contributed by atoms with van der Waals surface area (Å²) >= 11 is 0. The van der Waals surface area contributed by atoms with Gasteiger partial charge in [0, 0.05) is 37.4 Å². The maximum Gasteiger partial charge on any atom is 0.191 e. The number of rotatable bonds is 9. The van der Waals surface area contributed by atoms with Crippen molar-refractivity contribution in [3.8, 4) is 5.75 Å². The number of hydrogen-bond donors (Lipinski definition) is 2. The summed E-state index contributed by atoms with van der Waals surface area (Å²) in [6.45, 7) is 10.3. The first-order valence-corrected chi connectivity index (χ1v) is 10.1. The van der Waals surface area contributed by atoms with Gasteiger partial charge in [-0.2, -0.15) is 0 Å². The number of aliphatic imine (C=N–C) groups is 1. The molecule has 6 heteroatoms. The van der Waals surface area contributed by atoms with Crippen molar-refractivity contribution in [3.63, 3.8) is 0 Å². The number of hydrogen-bond acceptors (Lipinski definition) is 3. The summed E-state index contributed by atoms with van der Waals surface area (Å²) in [5.74, 6) is 1.65. The fourth-order valence-electron chi connectivity index (χ4n) is 3.17. The highest BCUT2D eigenvalue weighted by Gasteiger charge is 2.08. The number of nitrogens with one attached hydrogen (secondary N) is 2. The zero-order chi connectivity index (χ0) is 20.3. The number of ether oxygens (including phenoxy) is 1. The van der Waals surface area contributed by atoms with Crippen molar-refractivity contribution in [1.29, 1.82) is 0 Å². The monoisotopic (exact) mass is 518 g/mol. The van der Waals surface area contributed by atoms with E-state index >= 15 is 0 Å². The molecule has 5 nitrogen and oxygen atoms in total. The van der Waals surface area contributed by atoms with Gasteiger partial charge in [0.25, 0.3) is 0 Å². The highest BCUT2D eigenvalue weighted by atomic mass is 127. The molecular weight excluding hydrogens is 487 g/mol. The predicted octanol–water partition coefficient (Wildman–Crippen LogP) is 4.50. The summed E-state index contributed by atoms with van der Waals surface area (Å²) in [4.78, 5) is 7.11. The third-order valence-electron chi connectivity index (χ3n) is 4.63. The summed E-state index contributed by atoms with van der Waals surface area (Å²) in [7, 11) is 0. The molecule has 3 rings (SSSR count). The molecule has 2 aromatic rings. The van der Waals surface area contributed by atoms with Crippen LogP contribution in [0.1, 0.15) is 18.1 Å². The second kappa shape index (κ2) is 13.0. The Morgan fingerprint density at radius 3 is 2.70 bits per heavy atom. The van der Waals surface area contributed by atoms with E-state index in [2.05, 4.69) is 71.5 Å². The van der Waals surface area contributed by atoms with Crippen LogP contribution >= 0.6 is 24.0 Å². The van der Waals surface area contributed by atoms with E-state index in [1.54, 1.807) is 6.08 Å². The number of para-hydroxylation sites is 1. The molecule has 0 aliphatic carbocycles. The fraction of sp³-hybridized carbons (Fsp3) is 0.292. The first-order valence-electron chi connectivity index (χ1n) is 10.1. The molecule has 0 fully saturated rings. The number of guanidine groups is 1. The maximum absolute atomic E-state index is 5.74. The number of halogens is 1. The Labute approximate surface area is 196 Å². The molecule has 1 aliphatic rings. The molecule has 0 spiro atoms. The van der Waals surface area contributed by atoms with Crippen LogP contribution < -0.4 is 20.3 Å². The van der Waals surface area contributed by atoms with Crippen LogP contribution in [0.3, 0.4) is 0 Å². The van der Waals surface area contributed by atoms with Crippen molar-refractivity contribution in [3.05, 3.63) is 84.5 Å². The highest BCUT2D eigenvalue weighted by Crippen LogP contribution is 2.19. The van der Waals surface area contributed by atoms with Gasteiger partial charge in [0.15, 0.2) is 5.96 Å². The molecule has 0 aromatic heterocycles. The second-order valence-corrected chi connectivity index (χ2v) is 6.80. The minimum absolute atomic E-state index is 0. The minimum Gasteiger partial charge on any atom is -0.489 e. The Hall–Kier alpha value is -2.48. The second-order valence-electron chi connectivity index (χ2n) is 6.80. The molecular formula is C24H31IN4O. The standard InChI is InChI=1S/C24H30N4O.HI/c1-3-16-29-23-13-6-5-11-21(23)19-27-24(25-4-2)26-18-20-10-9-12-22(17-20)28-14-7-8-15-28;/h3,5-13,17H,1,4,14-16,18-19H2,2H3,(H2,25,26,27);1H. The highest BCUT2D eigenvalue weighted by molar-refractivity contribution is 14.0.